The smallest absolute Gasteiger partial charge is 0.399 e. The molecule has 17 heavy (non-hydrogen) atoms. The molecule has 2 nitrogen and oxygen atoms in total. The van der Waals surface area contributed by atoms with Gasteiger partial charge in [-0.3, -0.25) is 0 Å². The van der Waals surface area contributed by atoms with Crippen LogP contribution in [-0.4, -0.2) is 18.3 Å². The molecule has 2 rings (SSSR count). The van der Waals surface area contributed by atoms with Gasteiger partial charge in [-0.25, -0.2) is 0 Å². The summed E-state index contributed by atoms with van der Waals surface area (Å²) in [7, 11) is -0.285. The Labute approximate surface area is 104 Å². The summed E-state index contributed by atoms with van der Waals surface area (Å²) in [5.41, 5.74) is 0.479. The first-order chi connectivity index (χ1) is 7.92. The molecular weight excluding hydrogens is 211 g/mol. The fraction of sp³-hybridized carbons (Fsp3) is 0.429. The molecule has 0 saturated carbocycles. The highest BCUT2D eigenvalue weighted by molar-refractivity contribution is 6.55. The molecule has 0 aromatic rings. The largest absolute Gasteiger partial charge is 0.494 e. The average Bonchev–Trinajstić information content (AvgIpc) is 2.34. The van der Waals surface area contributed by atoms with E-state index < -0.39 is 0 Å². The van der Waals surface area contributed by atoms with Crippen molar-refractivity contribution in [1.29, 1.82) is 0 Å². The second-order valence-corrected chi connectivity index (χ2v) is 5.38. The van der Waals surface area contributed by atoms with Crippen molar-refractivity contribution in [3.05, 3.63) is 48.0 Å². The molecule has 90 valence electrons. The fourth-order valence-corrected chi connectivity index (χ4v) is 1.72. The molecule has 0 unspecified atom stereocenters. The van der Waals surface area contributed by atoms with Gasteiger partial charge in [-0.1, -0.05) is 42.5 Å². The second kappa shape index (κ2) is 4.32. The Morgan fingerprint density at radius 3 is 2.00 bits per heavy atom. The number of rotatable bonds is 1. The molecule has 0 atom stereocenters. The molecule has 1 aliphatic carbocycles. The molecule has 3 heteroatoms. The van der Waals surface area contributed by atoms with Crippen LogP contribution in [0.25, 0.3) is 0 Å². The van der Waals surface area contributed by atoms with Crippen molar-refractivity contribution >= 4 is 7.12 Å². The van der Waals surface area contributed by atoms with Crippen LogP contribution in [0.2, 0.25) is 0 Å². The van der Waals surface area contributed by atoms with Crippen molar-refractivity contribution in [1.82, 2.24) is 0 Å². The molecule has 1 saturated heterocycles. The zero-order valence-corrected chi connectivity index (χ0v) is 10.9. The standard InChI is InChI=1S/C14H19BO2/c1-13(2)14(3,4)17-15(16-13)12-10-8-6-5-7-9-11-12/h5-11H,1-4H3/b6-5-,7-5?,8-6?,9-7-,10-8-,11-9?,12-10?,12-11+. The Morgan fingerprint density at radius 2 is 1.35 bits per heavy atom. The SMILES string of the molecule is CC1(C)OB(C2=C/C=C\C=C/C=C\2)OC1(C)C. The lowest BCUT2D eigenvalue weighted by molar-refractivity contribution is 0.00578. The molecule has 0 aromatic carbocycles. The van der Waals surface area contributed by atoms with Crippen LogP contribution >= 0.6 is 0 Å². The summed E-state index contributed by atoms with van der Waals surface area (Å²) in [5, 5.41) is 0. The van der Waals surface area contributed by atoms with Crippen molar-refractivity contribution in [2.45, 2.75) is 38.9 Å². The minimum Gasteiger partial charge on any atom is -0.399 e. The van der Waals surface area contributed by atoms with E-state index in [4.69, 9.17) is 9.31 Å². The molecule has 0 radical (unpaired) electrons. The topological polar surface area (TPSA) is 18.5 Å². The van der Waals surface area contributed by atoms with Crippen molar-refractivity contribution in [2.24, 2.45) is 0 Å². The predicted molar refractivity (Wildman–Crippen MR) is 71.6 cm³/mol. The van der Waals surface area contributed by atoms with E-state index in [-0.39, 0.29) is 18.3 Å². The fourth-order valence-electron chi connectivity index (χ4n) is 1.72. The first-order valence-corrected chi connectivity index (χ1v) is 6.00. The van der Waals surface area contributed by atoms with E-state index in [1.165, 1.54) is 0 Å². The summed E-state index contributed by atoms with van der Waals surface area (Å²) in [5.74, 6) is 0. The van der Waals surface area contributed by atoms with E-state index in [1.54, 1.807) is 0 Å². The number of allylic oxidation sites excluding steroid dienone is 8. The van der Waals surface area contributed by atoms with Crippen LogP contribution in [0.5, 0.6) is 0 Å². The van der Waals surface area contributed by atoms with Crippen molar-refractivity contribution in [2.75, 3.05) is 0 Å². The number of hydrogen-bond acceptors (Lipinski definition) is 2. The molecule has 2 aliphatic rings. The van der Waals surface area contributed by atoms with Gasteiger partial charge in [0.15, 0.2) is 0 Å². The maximum atomic E-state index is 6.00. The van der Waals surface area contributed by atoms with Crippen LogP contribution in [0, 0.1) is 0 Å². The van der Waals surface area contributed by atoms with Crippen molar-refractivity contribution in [3.63, 3.8) is 0 Å². The monoisotopic (exact) mass is 230 g/mol. The Bertz CT molecular complexity index is 398. The van der Waals surface area contributed by atoms with Crippen LogP contribution in [0.4, 0.5) is 0 Å². The Kier molecular flexibility index (Phi) is 3.15. The Morgan fingerprint density at radius 1 is 0.824 bits per heavy atom. The highest BCUT2D eigenvalue weighted by Crippen LogP contribution is 2.38. The first kappa shape index (κ1) is 12.4. The van der Waals surface area contributed by atoms with Crippen LogP contribution in [-0.2, 0) is 9.31 Å². The van der Waals surface area contributed by atoms with E-state index in [2.05, 4.69) is 27.7 Å². The van der Waals surface area contributed by atoms with Gasteiger partial charge < -0.3 is 9.31 Å². The maximum absolute atomic E-state index is 6.00. The van der Waals surface area contributed by atoms with Gasteiger partial charge in [0.05, 0.1) is 11.2 Å². The molecular formula is C14H19BO2. The third-order valence-corrected chi connectivity index (χ3v) is 3.55. The highest BCUT2D eigenvalue weighted by atomic mass is 16.7. The van der Waals surface area contributed by atoms with Gasteiger partial charge in [0.2, 0.25) is 0 Å². The van der Waals surface area contributed by atoms with Gasteiger partial charge in [-0.05, 0) is 33.2 Å². The lowest BCUT2D eigenvalue weighted by Gasteiger charge is -2.32. The average molecular weight is 230 g/mol. The van der Waals surface area contributed by atoms with E-state index in [0.29, 0.717) is 0 Å². The molecule has 0 spiro atoms. The van der Waals surface area contributed by atoms with Crippen molar-refractivity contribution < 1.29 is 9.31 Å². The van der Waals surface area contributed by atoms with Gasteiger partial charge >= 0.3 is 7.12 Å². The number of hydrogen-bond donors (Lipinski definition) is 0. The van der Waals surface area contributed by atoms with Gasteiger partial charge in [-0.2, -0.15) is 0 Å². The zero-order valence-electron chi connectivity index (χ0n) is 10.9. The summed E-state index contributed by atoms with van der Waals surface area (Å²) in [6.45, 7) is 8.26. The first-order valence-electron chi connectivity index (χ1n) is 6.00. The molecule has 1 aliphatic heterocycles. The molecule has 0 amide bonds. The lowest BCUT2D eigenvalue weighted by Crippen LogP contribution is -2.41. The minimum absolute atomic E-state index is 0.283. The molecule has 0 N–H and O–H groups in total. The predicted octanol–water partition coefficient (Wildman–Crippen LogP) is 3.23. The summed E-state index contributed by atoms with van der Waals surface area (Å²) >= 11 is 0. The van der Waals surface area contributed by atoms with Crippen molar-refractivity contribution in [3.8, 4) is 0 Å². The van der Waals surface area contributed by atoms with Crippen LogP contribution < -0.4 is 0 Å². The van der Waals surface area contributed by atoms with Crippen LogP contribution in [0.15, 0.2) is 48.0 Å². The Hall–Kier alpha value is -1.06. The quantitative estimate of drug-likeness (QED) is 0.644. The summed E-state index contributed by atoms with van der Waals surface area (Å²) in [6, 6.07) is 0. The van der Waals surface area contributed by atoms with Crippen LogP contribution in [0.3, 0.4) is 0 Å². The minimum atomic E-state index is -0.285. The van der Waals surface area contributed by atoms with Gasteiger partial charge in [0.1, 0.15) is 0 Å². The second-order valence-electron chi connectivity index (χ2n) is 5.38. The van der Waals surface area contributed by atoms with E-state index >= 15 is 0 Å². The highest BCUT2D eigenvalue weighted by Gasteiger charge is 2.51. The normalized spacial score (nSPS) is 34.4. The Balaban J connectivity index is 2.21. The third-order valence-electron chi connectivity index (χ3n) is 3.55. The van der Waals surface area contributed by atoms with Gasteiger partial charge in [0, 0.05) is 0 Å². The molecule has 0 bridgehead atoms. The molecule has 1 fully saturated rings. The maximum Gasteiger partial charge on any atom is 0.494 e. The lowest BCUT2D eigenvalue weighted by atomic mass is 9.77. The van der Waals surface area contributed by atoms with Crippen LogP contribution in [0.1, 0.15) is 27.7 Å². The summed E-state index contributed by atoms with van der Waals surface area (Å²) in [4.78, 5) is 0. The van der Waals surface area contributed by atoms with Gasteiger partial charge in [0.25, 0.3) is 0 Å². The summed E-state index contributed by atoms with van der Waals surface area (Å²) < 4.78 is 12.0. The van der Waals surface area contributed by atoms with E-state index in [1.807, 2.05) is 42.5 Å². The zero-order chi connectivity index (χ0) is 12.5. The molecule has 0 aromatic heterocycles. The van der Waals surface area contributed by atoms with Gasteiger partial charge in [-0.15, -0.1) is 0 Å². The molecule has 1 heterocycles. The van der Waals surface area contributed by atoms with E-state index in [0.717, 1.165) is 5.47 Å². The van der Waals surface area contributed by atoms with E-state index in [9.17, 15) is 0 Å². The third kappa shape index (κ3) is 2.45. The summed E-state index contributed by atoms with van der Waals surface area (Å²) in [6.07, 6.45) is 14.0.